The zero-order chi connectivity index (χ0) is 23.4. The minimum Gasteiger partial charge on any atom is -0.346 e. The van der Waals surface area contributed by atoms with Crippen molar-refractivity contribution in [3.63, 3.8) is 0 Å². The van der Waals surface area contributed by atoms with Crippen molar-refractivity contribution in [1.82, 2.24) is 14.7 Å². The van der Waals surface area contributed by atoms with Gasteiger partial charge in [-0.05, 0) is 80.4 Å². The number of piperidine rings is 1. The van der Waals surface area contributed by atoms with E-state index in [2.05, 4.69) is 78.7 Å². The van der Waals surface area contributed by atoms with Gasteiger partial charge in [-0.2, -0.15) is 0 Å². The lowest BCUT2D eigenvalue weighted by Crippen LogP contribution is -2.50. The highest BCUT2D eigenvalue weighted by Gasteiger charge is 2.38. The summed E-state index contributed by atoms with van der Waals surface area (Å²) in [6, 6.07) is 13.1. The number of fused-ring (bicyclic) bond motifs is 1. The van der Waals surface area contributed by atoms with Gasteiger partial charge < -0.3 is 9.80 Å². The van der Waals surface area contributed by atoms with E-state index in [0.717, 1.165) is 39.0 Å². The number of thiophene rings is 1. The Kier molecular flexibility index (Phi) is 7.72. The number of likely N-dealkylation sites (tertiary alicyclic amines) is 1. The van der Waals surface area contributed by atoms with E-state index in [1.165, 1.54) is 34.4 Å². The largest absolute Gasteiger partial charge is 0.346 e. The van der Waals surface area contributed by atoms with Gasteiger partial charge in [-0.3, -0.25) is 9.69 Å². The fourth-order valence-corrected chi connectivity index (χ4v) is 6.63. The summed E-state index contributed by atoms with van der Waals surface area (Å²) in [7, 11) is 6.41. The molecule has 2 aliphatic rings. The molecule has 0 spiro atoms. The van der Waals surface area contributed by atoms with Crippen LogP contribution < -0.4 is 0 Å². The molecule has 5 heteroatoms. The van der Waals surface area contributed by atoms with E-state index in [0.29, 0.717) is 6.42 Å². The number of rotatable bonds is 9. The van der Waals surface area contributed by atoms with Crippen LogP contribution in [-0.2, 0) is 16.8 Å². The van der Waals surface area contributed by atoms with Gasteiger partial charge >= 0.3 is 0 Å². The molecular weight excluding hydrogens is 426 g/mol. The Morgan fingerprint density at radius 1 is 1.12 bits per heavy atom. The molecule has 1 aromatic carbocycles. The third kappa shape index (κ3) is 5.26. The smallest absolute Gasteiger partial charge is 0.222 e. The highest BCUT2D eigenvalue weighted by Crippen LogP contribution is 2.39. The van der Waals surface area contributed by atoms with Crippen molar-refractivity contribution in [2.24, 2.45) is 5.92 Å². The second kappa shape index (κ2) is 10.5. The van der Waals surface area contributed by atoms with Crippen LogP contribution in [0.25, 0.3) is 5.57 Å². The van der Waals surface area contributed by atoms with Gasteiger partial charge in [0.25, 0.3) is 0 Å². The highest BCUT2D eigenvalue weighted by molar-refractivity contribution is 7.10. The van der Waals surface area contributed by atoms with Gasteiger partial charge in [-0.15, -0.1) is 11.3 Å². The highest BCUT2D eigenvalue weighted by atomic mass is 32.1. The zero-order valence-corrected chi connectivity index (χ0v) is 21.5. The first-order valence-corrected chi connectivity index (χ1v) is 13.2. The van der Waals surface area contributed by atoms with Crippen LogP contribution in [0.3, 0.4) is 0 Å². The molecule has 2 heterocycles. The SMILES string of the molecule is CC(CC(=O)N(C)CCCN1CCC(c2cccs2)(N(C)C)CC1)C1=CCc2ccccc21. The van der Waals surface area contributed by atoms with E-state index in [4.69, 9.17) is 0 Å². The molecule has 2 aromatic rings. The summed E-state index contributed by atoms with van der Waals surface area (Å²) < 4.78 is 0. The predicted molar refractivity (Wildman–Crippen MR) is 140 cm³/mol. The Hall–Kier alpha value is -1.95. The Bertz CT molecular complexity index is 957. The fourth-order valence-electron chi connectivity index (χ4n) is 5.56. The summed E-state index contributed by atoms with van der Waals surface area (Å²) >= 11 is 1.88. The molecule has 0 N–H and O–H groups in total. The topological polar surface area (TPSA) is 26.8 Å². The second-order valence-electron chi connectivity index (χ2n) is 10.0. The maximum Gasteiger partial charge on any atom is 0.222 e. The van der Waals surface area contributed by atoms with E-state index in [-0.39, 0.29) is 17.4 Å². The summed E-state index contributed by atoms with van der Waals surface area (Å²) in [5.41, 5.74) is 4.25. The number of carbonyl (C=O) groups is 1. The summed E-state index contributed by atoms with van der Waals surface area (Å²) in [4.78, 5) is 21.3. The van der Waals surface area contributed by atoms with E-state index in [1.54, 1.807) is 0 Å². The molecule has 0 radical (unpaired) electrons. The van der Waals surface area contributed by atoms with Crippen molar-refractivity contribution in [1.29, 1.82) is 0 Å². The summed E-state index contributed by atoms with van der Waals surface area (Å²) in [6.07, 6.45) is 7.27. The maximum atomic E-state index is 12.9. The van der Waals surface area contributed by atoms with Crippen LogP contribution in [-0.4, -0.2) is 67.9 Å². The average Bonchev–Trinajstić information content (AvgIpc) is 3.50. The molecule has 1 saturated heterocycles. The maximum absolute atomic E-state index is 12.9. The minimum atomic E-state index is 0.182. The van der Waals surface area contributed by atoms with Gasteiger partial charge in [0, 0.05) is 38.0 Å². The number of nitrogens with zero attached hydrogens (tertiary/aromatic N) is 3. The number of benzene rings is 1. The molecule has 4 rings (SSSR count). The van der Waals surface area contributed by atoms with Crippen LogP contribution in [0.4, 0.5) is 0 Å². The normalized spacial score (nSPS) is 18.8. The molecule has 178 valence electrons. The van der Waals surface area contributed by atoms with Crippen LogP contribution >= 0.6 is 11.3 Å². The second-order valence-corrected chi connectivity index (χ2v) is 11.0. The third-order valence-electron chi connectivity index (χ3n) is 7.79. The van der Waals surface area contributed by atoms with Crippen LogP contribution in [0.5, 0.6) is 0 Å². The van der Waals surface area contributed by atoms with Crippen molar-refractivity contribution in [2.75, 3.05) is 47.3 Å². The molecule has 1 amide bonds. The van der Waals surface area contributed by atoms with E-state index in [1.807, 2.05) is 23.3 Å². The fraction of sp³-hybridized carbons (Fsp3) is 0.536. The number of hydrogen-bond donors (Lipinski definition) is 0. The molecule has 1 unspecified atom stereocenters. The van der Waals surface area contributed by atoms with E-state index >= 15 is 0 Å². The molecular formula is C28H39N3OS. The van der Waals surface area contributed by atoms with Gasteiger partial charge in [0.1, 0.15) is 0 Å². The van der Waals surface area contributed by atoms with Gasteiger partial charge in [0.05, 0.1) is 5.54 Å². The van der Waals surface area contributed by atoms with Gasteiger partial charge in [0.15, 0.2) is 0 Å². The monoisotopic (exact) mass is 465 g/mol. The zero-order valence-electron chi connectivity index (χ0n) is 20.7. The predicted octanol–water partition coefficient (Wildman–Crippen LogP) is 5.12. The minimum absolute atomic E-state index is 0.182. The molecule has 1 aliphatic carbocycles. The van der Waals surface area contributed by atoms with E-state index < -0.39 is 0 Å². The number of carbonyl (C=O) groups excluding carboxylic acids is 1. The Labute approximate surface area is 203 Å². The molecule has 33 heavy (non-hydrogen) atoms. The molecule has 1 atom stereocenters. The van der Waals surface area contributed by atoms with Gasteiger partial charge in [-0.1, -0.05) is 43.3 Å². The number of allylic oxidation sites excluding steroid dienone is 2. The molecule has 1 aliphatic heterocycles. The van der Waals surface area contributed by atoms with Crippen molar-refractivity contribution >= 4 is 22.8 Å². The van der Waals surface area contributed by atoms with Crippen molar-refractivity contribution in [3.05, 3.63) is 63.9 Å². The first-order valence-electron chi connectivity index (χ1n) is 12.4. The molecule has 0 saturated carbocycles. The lowest BCUT2D eigenvalue weighted by Gasteiger charge is -2.46. The molecule has 4 nitrogen and oxygen atoms in total. The van der Waals surface area contributed by atoms with Crippen molar-refractivity contribution < 1.29 is 4.79 Å². The Balaban J connectivity index is 1.21. The van der Waals surface area contributed by atoms with Crippen molar-refractivity contribution in [2.45, 2.75) is 44.6 Å². The quantitative estimate of drug-likeness (QED) is 0.515. The Morgan fingerprint density at radius 3 is 2.58 bits per heavy atom. The Morgan fingerprint density at radius 2 is 1.88 bits per heavy atom. The van der Waals surface area contributed by atoms with Crippen LogP contribution in [0.2, 0.25) is 0 Å². The first kappa shape index (κ1) is 24.2. The van der Waals surface area contributed by atoms with Crippen LogP contribution in [0, 0.1) is 5.92 Å². The average molecular weight is 466 g/mol. The molecule has 0 bridgehead atoms. The lowest BCUT2D eigenvalue weighted by atomic mass is 9.84. The summed E-state index contributed by atoms with van der Waals surface area (Å²) in [5, 5.41) is 2.20. The van der Waals surface area contributed by atoms with Gasteiger partial charge in [0.2, 0.25) is 5.91 Å². The van der Waals surface area contributed by atoms with Crippen LogP contribution in [0.1, 0.15) is 48.6 Å². The first-order chi connectivity index (χ1) is 15.9. The van der Waals surface area contributed by atoms with Crippen molar-refractivity contribution in [3.8, 4) is 0 Å². The molecule has 1 fully saturated rings. The lowest BCUT2D eigenvalue weighted by molar-refractivity contribution is -0.130. The third-order valence-corrected chi connectivity index (χ3v) is 8.86. The van der Waals surface area contributed by atoms with Crippen LogP contribution in [0.15, 0.2) is 47.9 Å². The summed E-state index contributed by atoms with van der Waals surface area (Å²) in [6.45, 7) is 6.34. The van der Waals surface area contributed by atoms with Gasteiger partial charge in [-0.25, -0.2) is 0 Å². The number of hydrogen-bond acceptors (Lipinski definition) is 4. The molecule has 1 aromatic heterocycles. The van der Waals surface area contributed by atoms with E-state index in [9.17, 15) is 4.79 Å². The summed E-state index contributed by atoms with van der Waals surface area (Å²) in [5.74, 6) is 0.526. The standard InChI is InChI=1S/C28H39N3OS/c1-22(24-13-12-23-9-5-6-10-25(23)24)21-27(32)30(4)16-8-17-31-18-14-28(15-19-31,29(2)3)26-11-7-20-33-26/h5-7,9-11,13,20,22H,8,12,14-19,21H2,1-4H3. The number of amides is 1.